The first kappa shape index (κ1) is 14.5. The van der Waals surface area contributed by atoms with Crippen LogP contribution in [0.2, 0.25) is 0 Å². The van der Waals surface area contributed by atoms with Crippen LogP contribution in [0.1, 0.15) is 23.8 Å². The molecule has 1 aliphatic rings. The fourth-order valence-corrected chi connectivity index (χ4v) is 4.25. The van der Waals surface area contributed by atoms with Gasteiger partial charge in [0.2, 0.25) is 0 Å². The van der Waals surface area contributed by atoms with Gasteiger partial charge in [-0.1, -0.05) is 0 Å². The zero-order valence-electron chi connectivity index (χ0n) is 11.1. The minimum Gasteiger partial charge on any atom is -0.329 e. The molecule has 2 heterocycles. The first-order valence-electron chi connectivity index (χ1n) is 6.46. The molecule has 1 aromatic rings. The zero-order chi connectivity index (χ0) is 13.1. The monoisotopic (exact) mass is 331 g/mol. The quantitative estimate of drug-likeness (QED) is 0.920. The highest BCUT2D eigenvalue weighted by Gasteiger charge is 2.26. The molecule has 1 fully saturated rings. The SMILES string of the molecule is CN(C)C1CCN(C(CN)c2cc(Br)cs2)CC1. The van der Waals surface area contributed by atoms with Crippen LogP contribution in [-0.4, -0.2) is 49.6 Å². The predicted octanol–water partition coefficient (Wildman–Crippen LogP) is 2.54. The molecule has 3 nitrogen and oxygen atoms in total. The number of hydrogen-bond donors (Lipinski definition) is 1. The zero-order valence-corrected chi connectivity index (χ0v) is 13.5. The number of halogens is 1. The van der Waals surface area contributed by atoms with Crippen molar-refractivity contribution in [1.29, 1.82) is 0 Å². The lowest BCUT2D eigenvalue weighted by atomic mass is 10.0. The van der Waals surface area contributed by atoms with Gasteiger partial charge in [-0.3, -0.25) is 4.90 Å². The molecule has 1 aliphatic heterocycles. The van der Waals surface area contributed by atoms with Gasteiger partial charge in [0.15, 0.2) is 0 Å². The summed E-state index contributed by atoms with van der Waals surface area (Å²) >= 11 is 5.33. The van der Waals surface area contributed by atoms with Crippen molar-refractivity contribution in [3.63, 3.8) is 0 Å². The van der Waals surface area contributed by atoms with E-state index < -0.39 is 0 Å². The van der Waals surface area contributed by atoms with Gasteiger partial charge in [-0.05, 0) is 48.9 Å². The van der Waals surface area contributed by atoms with E-state index >= 15 is 0 Å². The van der Waals surface area contributed by atoms with Crippen LogP contribution >= 0.6 is 27.3 Å². The Kier molecular flexibility index (Phi) is 5.21. The van der Waals surface area contributed by atoms with Gasteiger partial charge in [0.1, 0.15) is 0 Å². The van der Waals surface area contributed by atoms with E-state index in [0.29, 0.717) is 12.6 Å². The van der Waals surface area contributed by atoms with Crippen molar-refractivity contribution >= 4 is 27.3 Å². The lowest BCUT2D eigenvalue weighted by Crippen LogP contribution is -2.44. The number of likely N-dealkylation sites (tertiary alicyclic amines) is 1. The fourth-order valence-electron chi connectivity index (χ4n) is 2.66. The second kappa shape index (κ2) is 6.48. The number of rotatable bonds is 4. The van der Waals surface area contributed by atoms with Crippen LogP contribution in [0, 0.1) is 0 Å². The third-order valence-electron chi connectivity index (χ3n) is 3.81. The molecular weight excluding hydrogens is 310 g/mol. The van der Waals surface area contributed by atoms with Gasteiger partial charge < -0.3 is 10.6 Å². The summed E-state index contributed by atoms with van der Waals surface area (Å²) in [5.41, 5.74) is 5.98. The maximum atomic E-state index is 5.98. The van der Waals surface area contributed by atoms with E-state index in [4.69, 9.17) is 5.73 Å². The van der Waals surface area contributed by atoms with Gasteiger partial charge in [0, 0.05) is 40.4 Å². The van der Waals surface area contributed by atoms with E-state index in [1.54, 1.807) is 11.3 Å². The Morgan fingerprint density at radius 3 is 2.61 bits per heavy atom. The first-order valence-corrected chi connectivity index (χ1v) is 8.13. The highest BCUT2D eigenvalue weighted by molar-refractivity contribution is 9.10. The molecule has 0 bridgehead atoms. The van der Waals surface area contributed by atoms with Crippen molar-refractivity contribution in [1.82, 2.24) is 9.80 Å². The molecule has 5 heteroatoms. The average molecular weight is 332 g/mol. The molecule has 18 heavy (non-hydrogen) atoms. The molecular formula is C13H22BrN3S. The fraction of sp³-hybridized carbons (Fsp3) is 0.692. The van der Waals surface area contributed by atoms with Crippen molar-refractivity contribution in [2.45, 2.75) is 24.9 Å². The van der Waals surface area contributed by atoms with Crippen LogP contribution in [0.5, 0.6) is 0 Å². The molecule has 2 N–H and O–H groups in total. The van der Waals surface area contributed by atoms with Crippen LogP contribution in [0.4, 0.5) is 0 Å². The number of thiophene rings is 1. The minimum atomic E-state index is 0.393. The lowest BCUT2D eigenvalue weighted by molar-refractivity contribution is 0.112. The van der Waals surface area contributed by atoms with Crippen LogP contribution in [-0.2, 0) is 0 Å². The number of hydrogen-bond acceptors (Lipinski definition) is 4. The van der Waals surface area contributed by atoms with E-state index in [9.17, 15) is 0 Å². The molecule has 2 rings (SSSR count). The van der Waals surface area contributed by atoms with Gasteiger partial charge in [-0.15, -0.1) is 11.3 Å². The van der Waals surface area contributed by atoms with Gasteiger partial charge >= 0.3 is 0 Å². The highest BCUT2D eigenvalue weighted by atomic mass is 79.9. The molecule has 1 unspecified atom stereocenters. The predicted molar refractivity (Wildman–Crippen MR) is 82.1 cm³/mol. The normalized spacial score (nSPS) is 20.5. The summed E-state index contributed by atoms with van der Waals surface area (Å²) in [4.78, 5) is 6.27. The maximum Gasteiger partial charge on any atom is 0.0564 e. The number of nitrogens with zero attached hydrogens (tertiary/aromatic N) is 2. The summed E-state index contributed by atoms with van der Waals surface area (Å²) in [6.07, 6.45) is 2.49. The van der Waals surface area contributed by atoms with Crippen molar-refractivity contribution < 1.29 is 0 Å². The van der Waals surface area contributed by atoms with Gasteiger partial charge in [-0.25, -0.2) is 0 Å². The Morgan fingerprint density at radius 2 is 2.17 bits per heavy atom. The number of piperidine rings is 1. The molecule has 0 spiro atoms. The minimum absolute atomic E-state index is 0.393. The average Bonchev–Trinajstić information content (AvgIpc) is 2.77. The smallest absolute Gasteiger partial charge is 0.0564 e. The van der Waals surface area contributed by atoms with Gasteiger partial charge in [0.05, 0.1) is 6.04 Å². The van der Waals surface area contributed by atoms with E-state index in [1.165, 1.54) is 22.2 Å². The van der Waals surface area contributed by atoms with Crippen LogP contribution in [0.25, 0.3) is 0 Å². The van der Waals surface area contributed by atoms with Crippen LogP contribution in [0.3, 0.4) is 0 Å². The van der Waals surface area contributed by atoms with E-state index in [1.807, 2.05) is 0 Å². The lowest BCUT2D eigenvalue weighted by Gasteiger charge is -2.38. The first-order chi connectivity index (χ1) is 8.61. The molecule has 0 amide bonds. The van der Waals surface area contributed by atoms with Crippen molar-refractivity contribution in [2.75, 3.05) is 33.7 Å². The topological polar surface area (TPSA) is 32.5 Å². The standard InChI is InChI=1S/C13H22BrN3S/c1-16(2)11-3-5-17(6-4-11)12(8-15)13-7-10(14)9-18-13/h7,9,11-12H,3-6,8,15H2,1-2H3. The van der Waals surface area contributed by atoms with Gasteiger partial charge in [-0.2, -0.15) is 0 Å². The summed E-state index contributed by atoms with van der Waals surface area (Å²) in [6.45, 7) is 3.01. The van der Waals surface area contributed by atoms with Crippen LogP contribution < -0.4 is 5.73 Å². The molecule has 102 valence electrons. The molecule has 0 radical (unpaired) electrons. The third-order valence-corrected chi connectivity index (χ3v) is 5.60. The highest BCUT2D eigenvalue weighted by Crippen LogP contribution is 2.31. The Bertz CT molecular complexity index is 372. The van der Waals surface area contributed by atoms with Gasteiger partial charge in [0.25, 0.3) is 0 Å². The summed E-state index contributed by atoms with van der Waals surface area (Å²) < 4.78 is 1.17. The third kappa shape index (κ3) is 3.33. The second-order valence-corrected chi connectivity index (χ2v) is 7.01. The maximum absolute atomic E-state index is 5.98. The molecule has 0 aliphatic carbocycles. The molecule has 0 aromatic carbocycles. The summed E-state index contributed by atoms with van der Waals surface area (Å²) in [7, 11) is 4.36. The van der Waals surface area contributed by atoms with Crippen molar-refractivity contribution in [3.8, 4) is 0 Å². The summed E-state index contributed by atoms with van der Waals surface area (Å²) in [5.74, 6) is 0. The van der Waals surface area contributed by atoms with E-state index in [-0.39, 0.29) is 0 Å². The van der Waals surface area contributed by atoms with Crippen molar-refractivity contribution in [2.24, 2.45) is 5.73 Å². The van der Waals surface area contributed by atoms with Crippen molar-refractivity contribution in [3.05, 3.63) is 20.8 Å². The summed E-state index contributed by atoms with van der Waals surface area (Å²) in [5, 5.41) is 2.14. The Balaban J connectivity index is 1.98. The molecule has 1 saturated heterocycles. The van der Waals surface area contributed by atoms with Crippen LogP contribution in [0.15, 0.2) is 15.9 Å². The Morgan fingerprint density at radius 1 is 1.50 bits per heavy atom. The Hall–Kier alpha value is 0.0600. The number of nitrogens with two attached hydrogens (primary N) is 1. The molecule has 1 atom stereocenters. The summed E-state index contributed by atoms with van der Waals surface area (Å²) in [6, 6.07) is 3.33. The molecule has 1 aromatic heterocycles. The van der Waals surface area contributed by atoms with E-state index in [0.717, 1.165) is 19.1 Å². The molecule has 0 saturated carbocycles. The second-order valence-electron chi connectivity index (χ2n) is 5.15. The largest absolute Gasteiger partial charge is 0.329 e. The van der Waals surface area contributed by atoms with E-state index in [2.05, 4.69) is 51.3 Å². The Labute approximate surface area is 122 Å².